The van der Waals surface area contributed by atoms with E-state index in [4.69, 9.17) is 0 Å². The zero-order chi connectivity index (χ0) is 13.2. The van der Waals surface area contributed by atoms with Gasteiger partial charge < -0.3 is 5.32 Å². The van der Waals surface area contributed by atoms with E-state index in [9.17, 15) is 4.79 Å². The van der Waals surface area contributed by atoms with E-state index in [0.29, 0.717) is 6.54 Å². The standard InChI is InChI=1S/C15H18N2O/c1-15(2,3)14(18)17-10-11-6-7-13-12(9-11)5-4-8-16-13/h4-9H,10H2,1-3H3,(H,17,18). The van der Waals surface area contributed by atoms with Crippen LogP contribution in [0.2, 0.25) is 0 Å². The maximum absolute atomic E-state index is 11.8. The van der Waals surface area contributed by atoms with Gasteiger partial charge in [0.15, 0.2) is 0 Å². The number of nitrogens with one attached hydrogen (secondary N) is 1. The molecule has 1 aromatic carbocycles. The average molecular weight is 242 g/mol. The van der Waals surface area contributed by atoms with Crippen LogP contribution in [0.4, 0.5) is 0 Å². The number of carbonyl (C=O) groups is 1. The summed E-state index contributed by atoms with van der Waals surface area (Å²) in [5.74, 6) is 0.0637. The van der Waals surface area contributed by atoms with Crippen LogP contribution in [0.5, 0.6) is 0 Å². The van der Waals surface area contributed by atoms with Gasteiger partial charge in [-0.25, -0.2) is 0 Å². The van der Waals surface area contributed by atoms with E-state index in [-0.39, 0.29) is 11.3 Å². The Hall–Kier alpha value is -1.90. The molecule has 2 aromatic rings. The normalized spacial score (nSPS) is 11.5. The lowest BCUT2D eigenvalue weighted by Gasteiger charge is -2.17. The predicted molar refractivity (Wildman–Crippen MR) is 73.0 cm³/mol. The van der Waals surface area contributed by atoms with Crippen molar-refractivity contribution in [1.82, 2.24) is 10.3 Å². The number of fused-ring (bicyclic) bond motifs is 1. The molecule has 0 aliphatic heterocycles. The number of nitrogens with zero attached hydrogens (tertiary/aromatic N) is 1. The second-order valence-corrected chi connectivity index (χ2v) is 5.46. The Morgan fingerprint density at radius 2 is 2.06 bits per heavy atom. The largest absolute Gasteiger partial charge is 0.352 e. The summed E-state index contributed by atoms with van der Waals surface area (Å²) in [6, 6.07) is 9.98. The molecule has 1 aromatic heterocycles. The number of carbonyl (C=O) groups excluding carboxylic acids is 1. The highest BCUT2D eigenvalue weighted by atomic mass is 16.2. The third-order valence-corrected chi connectivity index (χ3v) is 2.80. The lowest BCUT2D eigenvalue weighted by molar-refractivity contribution is -0.128. The molecule has 1 amide bonds. The Morgan fingerprint density at radius 1 is 1.28 bits per heavy atom. The summed E-state index contributed by atoms with van der Waals surface area (Å²) in [6.07, 6.45) is 1.78. The molecule has 0 fully saturated rings. The van der Waals surface area contributed by atoms with Gasteiger partial charge in [-0.15, -0.1) is 0 Å². The van der Waals surface area contributed by atoms with Crippen molar-refractivity contribution in [2.45, 2.75) is 27.3 Å². The first kappa shape index (κ1) is 12.6. The quantitative estimate of drug-likeness (QED) is 0.879. The lowest BCUT2D eigenvalue weighted by atomic mass is 9.95. The summed E-state index contributed by atoms with van der Waals surface area (Å²) in [5, 5.41) is 4.04. The van der Waals surface area contributed by atoms with Gasteiger partial charge >= 0.3 is 0 Å². The van der Waals surface area contributed by atoms with Gasteiger partial charge in [0.2, 0.25) is 5.91 Å². The number of pyridine rings is 1. The summed E-state index contributed by atoms with van der Waals surface area (Å²) in [7, 11) is 0. The highest BCUT2D eigenvalue weighted by Crippen LogP contribution is 2.15. The molecule has 94 valence electrons. The van der Waals surface area contributed by atoms with Crippen LogP contribution >= 0.6 is 0 Å². The Labute approximate surface area is 107 Å². The summed E-state index contributed by atoms with van der Waals surface area (Å²) < 4.78 is 0. The van der Waals surface area contributed by atoms with Crippen molar-refractivity contribution in [3.05, 3.63) is 42.1 Å². The van der Waals surface area contributed by atoms with E-state index in [1.54, 1.807) is 6.20 Å². The van der Waals surface area contributed by atoms with E-state index >= 15 is 0 Å². The number of rotatable bonds is 2. The molecular weight excluding hydrogens is 224 g/mol. The molecule has 0 aliphatic rings. The predicted octanol–water partition coefficient (Wildman–Crippen LogP) is 2.90. The van der Waals surface area contributed by atoms with Crippen molar-refractivity contribution in [2.75, 3.05) is 0 Å². The van der Waals surface area contributed by atoms with Crippen LogP contribution in [0, 0.1) is 5.41 Å². The van der Waals surface area contributed by atoms with E-state index < -0.39 is 0 Å². The maximum atomic E-state index is 11.8. The zero-order valence-electron chi connectivity index (χ0n) is 11.0. The van der Waals surface area contributed by atoms with Gasteiger partial charge in [0.1, 0.15) is 0 Å². The van der Waals surface area contributed by atoms with E-state index in [2.05, 4.69) is 16.4 Å². The molecule has 0 atom stereocenters. The van der Waals surface area contributed by atoms with Gasteiger partial charge in [0.25, 0.3) is 0 Å². The van der Waals surface area contributed by atoms with Crippen LogP contribution in [-0.2, 0) is 11.3 Å². The molecule has 3 nitrogen and oxygen atoms in total. The highest BCUT2D eigenvalue weighted by molar-refractivity contribution is 5.82. The smallest absolute Gasteiger partial charge is 0.225 e. The van der Waals surface area contributed by atoms with Gasteiger partial charge in [-0.05, 0) is 23.8 Å². The topological polar surface area (TPSA) is 42.0 Å². The summed E-state index contributed by atoms with van der Waals surface area (Å²) in [6.45, 7) is 6.28. The monoisotopic (exact) mass is 242 g/mol. The van der Waals surface area contributed by atoms with Crippen molar-refractivity contribution in [3.8, 4) is 0 Å². The summed E-state index contributed by atoms with van der Waals surface area (Å²) in [4.78, 5) is 16.0. The average Bonchev–Trinajstić information content (AvgIpc) is 2.34. The first-order valence-electron chi connectivity index (χ1n) is 6.09. The fourth-order valence-corrected chi connectivity index (χ4v) is 1.68. The van der Waals surface area contributed by atoms with Gasteiger partial charge in [-0.3, -0.25) is 9.78 Å². The third-order valence-electron chi connectivity index (χ3n) is 2.80. The Balaban J connectivity index is 2.11. The molecule has 0 bridgehead atoms. The Kier molecular flexibility index (Phi) is 3.32. The molecule has 1 N–H and O–H groups in total. The molecule has 18 heavy (non-hydrogen) atoms. The summed E-state index contributed by atoms with van der Waals surface area (Å²) in [5.41, 5.74) is 1.72. The first-order chi connectivity index (χ1) is 8.47. The molecule has 0 saturated heterocycles. The van der Waals surface area contributed by atoms with Crippen LogP contribution < -0.4 is 5.32 Å². The molecule has 1 heterocycles. The molecule has 0 aliphatic carbocycles. The zero-order valence-corrected chi connectivity index (χ0v) is 11.0. The van der Waals surface area contributed by atoms with Crippen LogP contribution in [0.15, 0.2) is 36.5 Å². The minimum absolute atomic E-state index is 0.0637. The van der Waals surface area contributed by atoms with E-state index in [0.717, 1.165) is 16.5 Å². The molecule has 3 heteroatoms. The van der Waals surface area contributed by atoms with Crippen LogP contribution in [-0.4, -0.2) is 10.9 Å². The van der Waals surface area contributed by atoms with Crippen LogP contribution in [0.25, 0.3) is 10.9 Å². The van der Waals surface area contributed by atoms with Crippen molar-refractivity contribution < 1.29 is 4.79 Å². The SMILES string of the molecule is CC(C)(C)C(=O)NCc1ccc2ncccc2c1. The fraction of sp³-hybridized carbons (Fsp3) is 0.333. The van der Waals surface area contributed by atoms with Crippen LogP contribution in [0.3, 0.4) is 0 Å². The third kappa shape index (κ3) is 2.86. The maximum Gasteiger partial charge on any atom is 0.225 e. The van der Waals surface area contributed by atoms with E-state index in [1.807, 2.05) is 45.0 Å². The lowest BCUT2D eigenvalue weighted by Crippen LogP contribution is -2.34. The van der Waals surface area contributed by atoms with Crippen molar-refractivity contribution >= 4 is 16.8 Å². The highest BCUT2D eigenvalue weighted by Gasteiger charge is 2.20. The molecule has 2 rings (SSSR count). The molecule has 0 unspecified atom stereocenters. The summed E-state index contributed by atoms with van der Waals surface area (Å²) >= 11 is 0. The fourth-order valence-electron chi connectivity index (χ4n) is 1.68. The Morgan fingerprint density at radius 3 is 2.78 bits per heavy atom. The molecule has 0 radical (unpaired) electrons. The van der Waals surface area contributed by atoms with Crippen molar-refractivity contribution in [3.63, 3.8) is 0 Å². The van der Waals surface area contributed by atoms with Gasteiger partial charge in [-0.2, -0.15) is 0 Å². The number of hydrogen-bond acceptors (Lipinski definition) is 2. The van der Waals surface area contributed by atoms with Gasteiger partial charge in [-0.1, -0.05) is 32.9 Å². The minimum Gasteiger partial charge on any atom is -0.352 e. The number of hydrogen-bond donors (Lipinski definition) is 1. The second kappa shape index (κ2) is 4.77. The Bertz CT molecular complexity index is 570. The number of amides is 1. The first-order valence-corrected chi connectivity index (χ1v) is 6.09. The molecule has 0 spiro atoms. The number of aromatic nitrogens is 1. The second-order valence-electron chi connectivity index (χ2n) is 5.46. The van der Waals surface area contributed by atoms with Gasteiger partial charge in [0, 0.05) is 23.5 Å². The minimum atomic E-state index is -0.349. The van der Waals surface area contributed by atoms with Crippen LogP contribution in [0.1, 0.15) is 26.3 Å². The van der Waals surface area contributed by atoms with Crippen molar-refractivity contribution in [2.24, 2.45) is 5.41 Å². The van der Waals surface area contributed by atoms with E-state index in [1.165, 1.54) is 0 Å². The van der Waals surface area contributed by atoms with Crippen molar-refractivity contribution in [1.29, 1.82) is 0 Å². The molecule has 0 saturated carbocycles. The number of benzene rings is 1. The van der Waals surface area contributed by atoms with Gasteiger partial charge in [0.05, 0.1) is 5.52 Å². The molecular formula is C15H18N2O.